The lowest BCUT2D eigenvalue weighted by Crippen LogP contribution is -2.56. The normalized spacial score (nSPS) is 21.9. The first-order chi connectivity index (χ1) is 13.2. The van der Waals surface area contributed by atoms with Gasteiger partial charge in [-0.1, -0.05) is 18.2 Å². The molecule has 0 saturated heterocycles. The van der Waals surface area contributed by atoms with Crippen LogP contribution in [0.2, 0.25) is 0 Å². The van der Waals surface area contributed by atoms with Crippen LogP contribution in [0, 0.1) is 23.0 Å². The van der Waals surface area contributed by atoms with Gasteiger partial charge in [0, 0.05) is 12.1 Å². The minimum absolute atomic E-state index is 0.00856. The number of nitrogens with zero attached hydrogens (tertiary/aromatic N) is 4. The molecule has 0 unspecified atom stereocenters. The summed E-state index contributed by atoms with van der Waals surface area (Å²) >= 11 is 0. The minimum atomic E-state index is -1.31. The van der Waals surface area contributed by atoms with E-state index in [-0.39, 0.29) is 11.4 Å². The standard InChI is InChI=1S/C18H21N5O5/c1-11-6-8-18(9-7-11,17(25)26)19-16(24)15-12(2)22(21-20-15)13-4-3-5-14(10-13)23(27)28/h3-5,10-11H,6-9H2,1-2H3,(H,19,24)(H,25,26). The number of carbonyl (C=O) groups excluding carboxylic acids is 1. The van der Waals surface area contributed by atoms with Crippen molar-refractivity contribution in [2.75, 3.05) is 0 Å². The Labute approximate surface area is 160 Å². The van der Waals surface area contributed by atoms with Crippen LogP contribution < -0.4 is 5.32 Å². The van der Waals surface area contributed by atoms with E-state index in [9.17, 15) is 24.8 Å². The smallest absolute Gasteiger partial charge is 0.329 e. The van der Waals surface area contributed by atoms with Gasteiger partial charge in [0.2, 0.25) is 0 Å². The first-order valence-corrected chi connectivity index (χ1v) is 8.96. The summed E-state index contributed by atoms with van der Waals surface area (Å²) in [4.78, 5) is 35.0. The number of rotatable bonds is 5. The van der Waals surface area contributed by atoms with Gasteiger partial charge in [0.1, 0.15) is 5.54 Å². The third kappa shape index (κ3) is 3.57. The fourth-order valence-corrected chi connectivity index (χ4v) is 3.45. The van der Waals surface area contributed by atoms with Crippen LogP contribution in [0.25, 0.3) is 5.69 Å². The number of nitrogens with one attached hydrogen (secondary N) is 1. The van der Waals surface area contributed by atoms with Crippen LogP contribution in [0.3, 0.4) is 0 Å². The summed E-state index contributed by atoms with van der Waals surface area (Å²) in [6.45, 7) is 3.66. The van der Waals surface area contributed by atoms with Crippen LogP contribution in [-0.2, 0) is 4.79 Å². The van der Waals surface area contributed by atoms with Crippen molar-refractivity contribution in [3.05, 3.63) is 45.8 Å². The van der Waals surface area contributed by atoms with E-state index in [4.69, 9.17) is 0 Å². The average Bonchev–Trinajstić information content (AvgIpc) is 3.05. The van der Waals surface area contributed by atoms with Crippen molar-refractivity contribution in [3.8, 4) is 5.69 Å². The Morgan fingerprint density at radius 2 is 2.04 bits per heavy atom. The molecule has 1 heterocycles. The lowest BCUT2D eigenvalue weighted by atomic mass is 9.77. The summed E-state index contributed by atoms with van der Waals surface area (Å²) in [5.41, 5.74) is -0.684. The molecule has 28 heavy (non-hydrogen) atoms. The second-order valence-corrected chi connectivity index (χ2v) is 7.24. The van der Waals surface area contributed by atoms with Gasteiger partial charge in [-0.15, -0.1) is 5.10 Å². The Balaban J connectivity index is 1.87. The summed E-state index contributed by atoms with van der Waals surface area (Å²) < 4.78 is 1.32. The predicted octanol–water partition coefficient (Wildman–Crippen LogP) is 2.25. The van der Waals surface area contributed by atoms with E-state index in [0.717, 1.165) is 0 Å². The highest BCUT2D eigenvalue weighted by atomic mass is 16.6. The number of carboxylic acid groups (broad SMARTS) is 1. The Morgan fingerprint density at radius 1 is 1.36 bits per heavy atom. The van der Waals surface area contributed by atoms with Crippen molar-refractivity contribution in [2.24, 2.45) is 5.92 Å². The number of aliphatic carboxylic acids is 1. The van der Waals surface area contributed by atoms with Crippen molar-refractivity contribution in [3.63, 3.8) is 0 Å². The van der Waals surface area contributed by atoms with Crippen molar-refractivity contribution in [1.29, 1.82) is 0 Å². The maximum absolute atomic E-state index is 12.7. The van der Waals surface area contributed by atoms with E-state index in [0.29, 0.717) is 43.0 Å². The molecule has 1 aliphatic rings. The van der Waals surface area contributed by atoms with Gasteiger partial charge in [-0.2, -0.15) is 0 Å². The van der Waals surface area contributed by atoms with Crippen molar-refractivity contribution in [2.45, 2.75) is 45.1 Å². The van der Waals surface area contributed by atoms with Crippen LogP contribution in [0.1, 0.15) is 48.8 Å². The molecule has 2 N–H and O–H groups in total. The minimum Gasteiger partial charge on any atom is -0.480 e. The molecule has 0 radical (unpaired) electrons. The zero-order chi connectivity index (χ0) is 20.5. The fourth-order valence-electron chi connectivity index (χ4n) is 3.45. The van der Waals surface area contributed by atoms with Crippen molar-refractivity contribution >= 4 is 17.6 Å². The monoisotopic (exact) mass is 387 g/mol. The van der Waals surface area contributed by atoms with Gasteiger partial charge < -0.3 is 10.4 Å². The number of amides is 1. The van der Waals surface area contributed by atoms with E-state index >= 15 is 0 Å². The molecule has 0 atom stereocenters. The molecule has 1 fully saturated rings. The number of hydrogen-bond acceptors (Lipinski definition) is 6. The van der Waals surface area contributed by atoms with Gasteiger partial charge >= 0.3 is 5.97 Å². The molecule has 10 heteroatoms. The van der Waals surface area contributed by atoms with E-state index < -0.39 is 22.3 Å². The Kier molecular flexibility index (Phi) is 5.12. The summed E-state index contributed by atoms with van der Waals surface area (Å²) in [6.07, 6.45) is 2.14. The van der Waals surface area contributed by atoms with Crippen LogP contribution in [0.5, 0.6) is 0 Å². The molecule has 0 spiro atoms. The van der Waals surface area contributed by atoms with Crippen LogP contribution in [0.4, 0.5) is 5.69 Å². The number of non-ortho nitro benzene ring substituents is 1. The molecule has 1 aromatic carbocycles. The predicted molar refractivity (Wildman–Crippen MR) is 98.2 cm³/mol. The third-order valence-corrected chi connectivity index (χ3v) is 5.28. The molecule has 1 aromatic heterocycles. The molecule has 10 nitrogen and oxygen atoms in total. The maximum Gasteiger partial charge on any atom is 0.329 e. The van der Waals surface area contributed by atoms with Crippen LogP contribution in [-0.4, -0.2) is 42.4 Å². The number of aromatic nitrogens is 3. The molecule has 0 bridgehead atoms. The second kappa shape index (κ2) is 7.37. The molecule has 0 aliphatic heterocycles. The first-order valence-electron chi connectivity index (χ1n) is 8.96. The zero-order valence-corrected chi connectivity index (χ0v) is 15.6. The summed E-state index contributed by atoms with van der Waals surface area (Å²) in [6, 6.07) is 5.79. The number of hydrogen-bond donors (Lipinski definition) is 2. The Bertz CT molecular complexity index is 930. The number of nitro benzene ring substituents is 1. The van der Waals surface area contributed by atoms with Crippen molar-refractivity contribution in [1.82, 2.24) is 20.3 Å². The van der Waals surface area contributed by atoms with Crippen LogP contribution >= 0.6 is 0 Å². The van der Waals surface area contributed by atoms with E-state index in [1.54, 1.807) is 13.0 Å². The molecular weight excluding hydrogens is 366 g/mol. The Morgan fingerprint density at radius 3 is 2.64 bits per heavy atom. The van der Waals surface area contributed by atoms with E-state index in [2.05, 4.69) is 22.6 Å². The summed E-state index contributed by atoms with van der Waals surface area (Å²) in [7, 11) is 0. The molecule has 3 rings (SSSR count). The molecular formula is C18H21N5O5. The van der Waals surface area contributed by atoms with Gasteiger partial charge in [-0.25, -0.2) is 9.48 Å². The second-order valence-electron chi connectivity index (χ2n) is 7.24. The number of carbonyl (C=O) groups is 2. The highest BCUT2D eigenvalue weighted by Gasteiger charge is 2.43. The van der Waals surface area contributed by atoms with Crippen molar-refractivity contribution < 1.29 is 19.6 Å². The Hall–Kier alpha value is -3.30. The molecule has 1 saturated carbocycles. The van der Waals surface area contributed by atoms with Gasteiger partial charge in [-0.05, 0) is 44.6 Å². The maximum atomic E-state index is 12.7. The zero-order valence-electron chi connectivity index (χ0n) is 15.6. The highest BCUT2D eigenvalue weighted by Crippen LogP contribution is 2.32. The van der Waals surface area contributed by atoms with Gasteiger partial charge in [-0.3, -0.25) is 14.9 Å². The molecule has 148 valence electrons. The van der Waals surface area contributed by atoms with Gasteiger partial charge in [0.15, 0.2) is 5.69 Å². The van der Waals surface area contributed by atoms with E-state index in [1.165, 1.54) is 22.9 Å². The molecule has 1 amide bonds. The lowest BCUT2D eigenvalue weighted by molar-refractivity contribution is -0.384. The third-order valence-electron chi connectivity index (χ3n) is 5.28. The van der Waals surface area contributed by atoms with Gasteiger partial charge in [0.05, 0.1) is 16.3 Å². The quantitative estimate of drug-likeness (QED) is 0.592. The lowest BCUT2D eigenvalue weighted by Gasteiger charge is -2.36. The SMILES string of the molecule is Cc1c(C(=O)NC2(C(=O)O)CCC(C)CC2)nnn1-c1cccc([N+](=O)[O-])c1. The number of carboxylic acids is 1. The number of benzene rings is 1. The van der Waals surface area contributed by atoms with Gasteiger partial charge in [0.25, 0.3) is 11.6 Å². The molecule has 1 aliphatic carbocycles. The van der Waals surface area contributed by atoms with E-state index in [1.807, 2.05) is 0 Å². The molecule has 2 aromatic rings. The van der Waals surface area contributed by atoms with Crippen LogP contribution in [0.15, 0.2) is 24.3 Å². The summed E-state index contributed by atoms with van der Waals surface area (Å²) in [5.74, 6) is -1.26. The first kappa shape index (κ1) is 19.5. The summed E-state index contributed by atoms with van der Waals surface area (Å²) in [5, 5.41) is 31.1. The average molecular weight is 387 g/mol. The topological polar surface area (TPSA) is 140 Å². The fraction of sp³-hybridized carbons (Fsp3) is 0.444. The number of nitro groups is 1. The largest absolute Gasteiger partial charge is 0.480 e. The highest BCUT2D eigenvalue weighted by molar-refractivity contribution is 5.97.